The number of nitrogens with zero attached hydrogens (tertiary/aromatic N) is 3. The van der Waals surface area contributed by atoms with E-state index in [2.05, 4.69) is 29.2 Å². The Bertz CT molecular complexity index is 496. The van der Waals surface area contributed by atoms with Crippen LogP contribution in [0, 0.1) is 5.82 Å². The summed E-state index contributed by atoms with van der Waals surface area (Å²) in [7, 11) is 0. The van der Waals surface area contributed by atoms with Crippen LogP contribution in [0.2, 0.25) is 0 Å². The smallest absolute Gasteiger partial charge is 0.257 e. The minimum Gasteiger partial charge on any atom is -0.336 e. The summed E-state index contributed by atoms with van der Waals surface area (Å²) >= 11 is 0. The van der Waals surface area contributed by atoms with Crippen molar-refractivity contribution in [3.8, 4) is 0 Å². The predicted octanol–water partition coefficient (Wildman–Crippen LogP) is 0.672. The molecule has 1 amide bonds. The molecule has 2 rings (SSSR count). The molecule has 2 heterocycles. The predicted molar refractivity (Wildman–Crippen MR) is 74.6 cm³/mol. The molecule has 20 heavy (non-hydrogen) atoms. The maximum Gasteiger partial charge on any atom is 0.257 e. The van der Waals surface area contributed by atoms with Crippen LogP contribution < -0.4 is 11.3 Å². The molecule has 0 aromatic carbocycles. The van der Waals surface area contributed by atoms with Crippen molar-refractivity contribution in [3.63, 3.8) is 0 Å². The van der Waals surface area contributed by atoms with Gasteiger partial charge in [-0.15, -0.1) is 0 Å². The molecule has 1 unspecified atom stereocenters. The van der Waals surface area contributed by atoms with Crippen molar-refractivity contribution in [2.45, 2.75) is 19.9 Å². The van der Waals surface area contributed by atoms with Crippen LogP contribution in [-0.2, 0) is 0 Å². The first-order valence-corrected chi connectivity index (χ1v) is 6.73. The van der Waals surface area contributed by atoms with Gasteiger partial charge in [0.2, 0.25) is 0 Å². The minimum atomic E-state index is -0.703. The van der Waals surface area contributed by atoms with E-state index < -0.39 is 5.82 Å². The number of piperazine rings is 1. The van der Waals surface area contributed by atoms with Gasteiger partial charge in [-0.05, 0) is 19.5 Å². The van der Waals surface area contributed by atoms with Crippen LogP contribution in [0.1, 0.15) is 24.2 Å². The lowest BCUT2D eigenvalue weighted by Crippen LogP contribution is -2.53. The van der Waals surface area contributed by atoms with E-state index >= 15 is 0 Å². The number of aromatic nitrogens is 1. The molecule has 1 aromatic heterocycles. The van der Waals surface area contributed by atoms with Crippen molar-refractivity contribution in [2.24, 2.45) is 5.84 Å². The summed E-state index contributed by atoms with van der Waals surface area (Å²) in [4.78, 5) is 20.1. The van der Waals surface area contributed by atoms with E-state index in [9.17, 15) is 9.18 Å². The maximum absolute atomic E-state index is 14.1. The molecule has 6 nitrogen and oxygen atoms in total. The fraction of sp³-hybridized carbons (Fsp3) is 0.538. The van der Waals surface area contributed by atoms with E-state index in [4.69, 9.17) is 5.84 Å². The van der Waals surface area contributed by atoms with Crippen molar-refractivity contribution in [2.75, 3.05) is 31.6 Å². The van der Waals surface area contributed by atoms with Crippen LogP contribution in [0.5, 0.6) is 0 Å². The van der Waals surface area contributed by atoms with Gasteiger partial charge in [0.25, 0.3) is 5.91 Å². The molecule has 1 aliphatic rings. The number of nitrogen functional groups attached to an aromatic ring is 1. The Kier molecular flexibility index (Phi) is 4.51. The Balaban J connectivity index is 2.16. The summed E-state index contributed by atoms with van der Waals surface area (Å²) in [5.41, 5.74) is 2.16. The molecular formula is C13H20FN5O. The number of hydrogen-bond acceptors (Lipinski definition) is 5. The van der Waals surface area contributed by atoms with E-state index in [1.807, 2.05) is 0 Å². The van der Waals surface area contributed by atoms with Gasteiger partial charge in [0.1, 0.15) is 0 Å². The van der Waals surface area contributed by atoms with Crippen LogP contribution in [0.3, 0.4) is 0 Å². The second kappa shape index (κ2) is 6.15. The lowest BCUT2D eigenvalue weighted by Gasteiger charge is -2.39. The van der Waals surface area contributed by atoms with Crippen LogP contribution >= 0.6 is 0 Å². The molecule has 0 bridgehead atoms. The molecule has 7 heteroatoms. The molecule has 0 radical (unpaired) electrons. The average Bonchev–Trinajstić information content (AvgIpc) is 2.46. The minimum absolute atomic E-state index is 0.00472. The van der Waals surface area contributed by atoms with E-state index in [0.29, 0.717) is 13.1 Å². The van der Waals surface area contributed by atoms with Crippen molar-refractivity contribution in [3.05, 3.63) is 23.6 Å². The summed E-state index contributed by atoms with van der Waals surface area (Å²) in [5, 5.41) is 0. The first-order chi connectivity index (χ1) is 9.58. The molecular weight excluding hydrogens is 261 g/mol. The monoisotopic (exact) mass is 281 g/mol. The topological polar surface area (TPSA) is 74.5 Å². The standard InChI is InChI=1S/C13H20FN5O/c1-3-18-6-7-19(8-9(18)2)13(20)10-4-5-16-12(17-15)11(10)14/h4-5,9H,3,6-8,15H2,1-2H3,(H,16,17). The number of pyridine rings is 1. The highest BCUT2D eigenvalue weighted by atomic mass is 19.1. The Hall–Kier alpha value is -1.73. The number of carbonyl (C=O) groups is 1. The zero-order valence-electron chi connectivity index (χ0n) is 11.8. The summed E-state index contributed by atoms with van der Waals surface area (Å²) in [6, 6.07) is 1.66. The number of likely N-dealkylation sites (N-methyl/N-ethyl adjacent to an activating group) is 1. The van der Waals surface area contributed by atoms with Gasteiger partial charge in [-0.2, -0.15) is 0 Å². The van der Waals surface area contributed by atoms with Crippen molar-refractivity contribution in [1.29, 1.82) is 0 Å². The van der Waals surface area contributed by atoms with E-state index in [-0.39, 0.29) is 23.3 Å². The number of anilines is 1. The normalized spacial score (nSPS) is 20.0. The second-order valence-corrected chi connectivity index (χ2v) is 4.89. The van der Waals surface area contributed by atoms with Crippen molar-refractivity contribution >= 4 is 11.7 Å². The number of hydrogen-bond donors (Lipinski definition) is 2. The Morgan fingerprint density at radius 3 is 2.95 bits per heavy atom. The molecule has 1 aliphatic heterocycles. The third kappa shape index (κ3) is 2.73. The molecule has 3 N–H and O–H groups in total. The lowest BCUT2D eigenvalue weighted by molar-refractivity contribution is 0.0524. The first-order valence-electron chi connectivity index (χ1n) is 6.73. The van der Waals surface area contributed by atoms with Crippen LogP contribution in [0.25, 0.3) is 0 Å². The number of carbonyl (C=O) groups excluding carboxylic acids is 1. The molecule has 1 fully saturated rings. The molecule has 1 aromatic rings. The number of nitrogens with two attached hydrogens (primary N) is 1. The van der Waals surface area contributed by atoms with E-state index in [0.717, 1.165) is 13.1 Å². The SMILES string of the molecule is CCN1CCN(C(=O)c2ccnc(NN)c2F)CC1C. The molecule has 1 saturated heterocycles. The maximum atomic E-state index is 14.1. The van der Waals surface area contributed by atoms with Gasteiger partial charge in [-0.1, -0.05) is 6.92 Å². The zero-order chi connectivity index (χ0) is 14.7. The number of rotatable bonds is 3. The highest BCUT2D eigenvalue weighted by Gasteiger charge is 2.28. The third-order valence-corrected chi connectivity index (χ3v) is 3.71. The molecule has 0 spiro atoms. The van der Waals surface area contributed by atoms with Gasteiger partial charge in [-0.25, -0.2) is 15.2 Å². The number of hydrazine groups is 1. The zero-order valence-corrected chi connectivity index (χ0v) is 11.8. The van der Waals surface area contributed by atoms with Crippen LogP contribution in [0.4, 0.5) is 10.2 Å². The lowest BCUT2D eigenvalue weighted by atomic mass is 10.1. The second-order valence-electron chi connectivity index (χ2n) is 4.89. The Morgan fingerprint density at radius 2 is 2.35 bits per heavy atom. The molecule has 110 valence electrons. The third-order valence-electron chi connectivity index (χ3n) is 3.71. The average molecular weight is 281 g/mol. The van der Waals surface area contributed by atoms with E-state index in [1.165, 1.54) is 12.3 Å². The fourth-order valence-corrected chi connectivity index (χ4v) is 2.53. The Labute approximate surface area is 117 Å². The number of halogens is 1. The highest BCUT2D eigenvalue weighted by molar-refractivity contribution is 5.95. The van der Waals surface area contributed by atoms with E-state index in [1.54, 1.807) is 4.90 Å². The largest absolute Gasteiger partial charge is 0.336 e. The van der Waals surface area contributed by atoms with Crippen molar-refractivity contribution in [1.82, 2.24) is 14.8 Å². The Morgan fingerprint density at radius 1 is 1.60 bits per heavy atom. The van der Waals surface area contributed by atoms with Crippen molar-refractivity contribution < 1.29 is 9.18 Å². The van der Waals surface area contributed by atoms with Crippen LogP contribution in [-0.4, -0.2) is 52.9 Å². The van der Waals surface area contributed by atoms with Gasteiger partial charge in [0, 0.05) is 31.9 Å². The summed E-state index contributed by atoms with van der Waals surface area (Å²) < 4.78 is 14.1. The number of nitrogens with one attached hydrogen (secondary N) is 1. The quantitative estimate of drug-likeness (QED) is 0.629. The van der Waals surface area contributed by atoms with Gasteiger partial charge in [-0.3, -0.25) is 9.69 Å². The molecule has 0 aliphatic carbocycles. The van der Waals surface area contributed by atoms with Gasteiger partial charge < -0.3 is 10.3 Å². The summed E-state index contributed by atoms with van der Waals surface area (Å²) in [5.74, 6) is 4.04. The molecule has 1 atom stereocenters. The van der Waals surface area contributed by atoms with Gasteiger partial charge >= 0.3 is 0 Å². The van der Waals surface area contributed by atoms with Gasteiger partial charge in [0.05, 0.1) is 5.56 Å². The number of amides is 1. The summed E-state index contributed by atoms with van der Waals surface area (Å²) in [6.07, 6.45) is 1.37. The highest BCUT2D eigenvalue weighted by Crippen LogP contribution is 2.18. The van der Waals surface area contributed by atoms with Crippen LogP contribution in [0.15, 0.2) is 12.3 Å². The molecule has 0 saturated carbocycles. The fourth-order valence-electron chi connectivity index (χ4n) is 2.53. The summed E-state index contributed by atoms with van der Waals surface area (Å²) in [6.45, 7) is 7.12. The first kappa shape index (κ1) is 14.7. The van der Waals surface area contributed by atoms with Gasteiger partial charge in [0.15, 0.2) is 11.6 Å².